The van der Waals surface area contributed by atoms with E-state index in [4.69, 9.17) is 21.1 Å². The molecule has 0 saturated carbocycles. The highest BCUT2D eigenvalue weighted by atomic mass is 35.5. The standard InChI is InChI=1S/C31H27ClN2O4S2/c1-4-37-30(36)27-19(2)33-31-34(28(27)22-9-15-25(39-3)16-10-22)29(35)26(40-31)17-20-7-13-24(14-8-20)38-18-21-5-11-23(32)12-6-21/h5-17,28H,4,18H2,1-3H3/b26-17-/t28-/m1/s1. The Hall–Kier alpha value is -3.59. The summed E-state index contributed by atoms with van der Waals surface area (Å²) in [4.78, 5) is 33.1. The molecule has 1 aliphatic heterocycles. The van der Waals surface area contributed by atoms with E-state index >= 15 is 0 Å². The molecule has 0 N–H and O–H groups in total. The molecule has 1 aliphatic rings. The predicted octanol–water partition coefficient (Wildman–Crippen LogP) is 5.75. The fraction of sp³-hybridized carbons (Fsp3) is 0.194. The number of benzene rings is 3. The van der Waals surface area contributed by atoms with E-state index in [1.54, 1.807) is 30.2 Å². The number of thiazole rings is 1. The van der Waals surface area contributed by atoms with Crippen LogP contribution in [-0.2, 0) is 16.1 Å². The fourth-order valence-electron chi connectivity index (χ4n) is 4.45. The summed E-state index contributed by atoms with van der Waals surface area (Å²) < 4.78 is 13.4. The van der Waals surface area contributed by atoms with E-state index in [2.05, 4.69) is 4.99 Å². The maximum Gasteiger partial charge on any atom is 0.338 e. The minimum Gasteiger partial charge on any atom is -0.489 e. The molecule has 3 aromatic carbocycles. The predicted molar refractivity (Wildman–Crippen MR) is 161 cm³/mol. The smallest absolute Gasteiger partial charge is 0.338 e. The third kappa shape index (κ3) is 5.94. The maximum atomic E-state index is 13.8. The lowest BCUT2D eigenvalue weighted by Gasteiger charge is -2.24. The Kier molecular flexibility index (Phi) is 8.59. The maximum absolute atomic E-state index is 13.8. The molecule has 4 aromatic rings. The van der Waals surface area contributed by atoms with Crippen LogP contribution in [0.25, 0.3) is 6.08 Å². The van der Waals surface area contributed by atoms with E-state index < -0.39 is 12.0 Å². The number of aromatic nitrogens is 1. The zero-order valence-corrected chi connectivity index (χ0v) is 24.6. The van der Waals surface area contributed by atoms with Gasteiger partial charge in [-0.05, 0) is 79.3 Å². The molecule has 0 fully saturated rings. The Labute approximate surface area is 245 Å². The third-order valence-corrected chi connectivity index (χ3v) is 8.42. The first-order chi connectivity index (χ1) is 19.4. The lowest BCUT2D eigenvalue weighted by molar-refractivity contribution is -0.139. The topological polar surface area (TPSA) is 69.9 Å². The summed E-state index contributed by atoms with van der Waals surface area (Å²) >= 11 is 8.88. The van der Waals surface area contributed by atoms with Crippen LogP contribution in [0.15, 0.2) is 98.7 Å². The first kappa shape index (κ1) is 28.0. The van der Waals surface area contributed by atoms with Crippen molar-refractivity contribution in [1.82, 2.24) is 4.57 Å². The van der Waals surface area contributed by atoms with Crippen molar-refractivity contribution in [2.75, 3.05) is 12.9 Å². The Morgan fingerprint density at radius 2 is 1.77 bits per heavy atom. The van der Waals surface area contributed by atoms with Gasteiger partial charge >= 0.3 is 5.97 Å². The number of carbonyl (C=O) groups is 1. The molecule has 1 atom stereocenters. The summed E-state index contributed by atoms with van der Waals surface area (Å²) in [6.07, 6.45) is 3.84. The molecular weight excluding hydrogens is 564 g/mol. The Morgan fingerprint density at radius 1 is 1.07 bits per heavy atom. The number of esters is 1. The summed E-state index contributed by atoms with van der Waals surface area (Å²) in [7, 11) is 0. The molecule has 0 saturated heterocycles. The van der Waals surface area contributed by atoms with Crippen molar-refractivity contribution in [3.63, 3.8) is 0 Å². The van der Waals surface area contributed by atoms with Crippen LogP contribution in [0.2, 0.25) is 5.02 Å². The minimum absolute atomic E-state index is 0.208. The van der Waals surface area contributed by atoms with Gasteiger partial charge in [0.2, 0.25) is 0 Å². The van der Waals surface area contributed by atoms with Crippen molar-refractivity contribution in [3.8, 4) is 5.75 Å². The second kappa shape index (κ2) is 12.3. The van der Waals surface area contributed by atoms with Crippen LogP contribution >= 0.6 is 34.7 Å². The number of nitrogens with zero attached hydrogens (tertiary/aromatic N) is 2. The zero-order valence-electron chi connectivity index (χ0n) is 22.2. The lowest BCUT2D eigenvalue weighted by atomic mass is 9.96. The van der Waals surface area contributed by atoms with Crippen molar-refractivity contribution in [2.24, 2.45) is 4.99 Å². The lowest BCUT2D eigenvalue weighted by Crippen LogP contribution is -2.39. The van der Waals surface area contributed by atoms with Gasteiger partial charge in [0.05, 0.1) is 28.5 Å². The number of allylic oxidation sites excluding steroid dienone is 1. The first-order valence-corrected chi connectivity index (χ1v) is 15.1. The number of rotatable bonds is 8. The molecule has 0 aliphatic carbocycles. The number of hydrogen-bond donors (Lipinski definition) is 0. The van der Waals surface area contributed by atoms with E-state index in [1.807, 2.05) is 85.1 Å². The number of ether oxygens (including phenoxy) is 2. The Morgan fingerprint density at radius 3 is 2.42 bits per heavy atom. The van der Waals surface area contributed by atoms with Crippen molar-refractivity contribution < 1.29 is 14.3 Å². The Balaban J connectivity index is 1.49. The second-order valence-electron chi connectivity index (χ2n) is 9.06. The van der Waals surface area contributed by atoms with Crippen LogP contribution in [0.1, 0.15) is 36.6 Å². The quantitative estimate of drug-likeness (QED) is 0.193. The fourth-order valence-corrected chi connectivity index (χ4v) is 6.03. The molecule has 0 bridgehead atoms. The third-order valence-electron chi connectivity index (χ3n) is 6.45. The molecule has 0 unspecified atom stereocenters. The highest BCUT2D eigenvalue weighted by molar-refractivity contribution is 7.98. The minimum atomic E-state index is -0.628. The number of carbonyl (C=O) groups excluding carboxylic acids is 1. The van der Waals surface area contributed by atoms with Gasteiger partial charge in [-0.2, -0.15) is 0 Å². The summed E-state index contributed by atoms with van der Waals surface area (Å²) in [6, 6.07) is 22.3. The average Bonchev–Trinajstić information content (AvgIpc) is 3.26. The van der Waals surface area contributed by atoms with Gasteiger partial charge < -0.3 is 9.47 Å². The van der Waals surface area contributed by atoms with Gasteiger partial charge in [-0.1, -0.05) is 59.3 Å². The number of hydrogen-bond acceptors (Lipinski definition) is 7. The van der Waals surface area contributed by atoms with Crippen molar-refractivity contribution >= 4 is 46.7 Å². The van der Waals surface area contributed by atoms with Crippen LogP contribution in [0, 0.1) is 0 Å². The van der Waals surface area contributed by atoms with Crippen molar-refractivity contribution in [2.45, 2.75) is 31.4 Å². The van der Waals surface area contributed by atoms with Gasteiger partial charge in [-0.15, -0.1) is 11.8 Å². The van der Waals surface area contributed by atoms with E-state index in [0.29, 0.717) is 32.2 Å². The summed E-state index contributed by atoms with van der Waals surface area (Å²) in [5.74, 6) is 0.253. The highest BCUT2D eigenvalue weighted by Gasteiger charge is 2.33. The van der Waals surface area contributed by atoms with Gasteiger partial charge in [-0.3, -0.25) is 9.36 Å². The van der Waals surface area contributed by atoms with E-state index in [1.165, 1.54) is 11.3 Å². The molecule has 1 aromatic heterocycles. The molecule has 5 rings (SSSR count). The molecule has 40 heavy (non-hydrogen) atoms. The van der Waals surface area contributed by atoms with Crippen LogP contribution in [0.3, 0.4) is 0 Å². The van der Waals surface area contributed by atoms with Crippen molar-refractivity contribution in [3.05, 3.63) is 125 Å². The normalized spacial score (nSPS) is 15.0. The van der Waals surface area contributed by atoms with Crippen LogP contribution in [0.4, 0.5) is 0 Å². The average molecular weight is 591 g/mol. The molecule has 0 spiro atoms. The molecular formula is C31H27ClN2O4S2. The number of halogens is 1. The second-order valence-corrected chi connectivity index (χ2v) is 11.4. The highest BCUT2D eigenvalue weighted by Crippen LogP contribution is 2.31. The summed E-state index contributed by atoms with van der Waals surface area (Å²) in [5, 5.41) is 0.686. The van der Waals surface area contributed by atoms with Crippen LogP contribution in [-0.4, -0.2) is 23.4 Å². The SMILES string of the molecule is CCOC(=O)C1=C(C)N=c2s/c(=C\c3ccc(OCc4ccc(Cl)cc4)cc3)c(=O)n2[C@@H]1c1ccc(SC)cc1. The van der Waals surface area contributed by atoms with Gasteiger partial charge in [0.15, 0.2) is 4.80 Å². The van der Waals surface area contributed by atoms with E-state index in [-0.39, 0.29) is 12.2 Å². The number of fused-ring (bicyclic) bond motifs is 1. The van der Waals surface area contributed by atoms with Gasteiger partial charge in [-0.25, -0.2) is 9.79 Å². The zero-order chi connectivity index (χ0) is 28.2. The molecule has 2 heterocycles. The van der Waals surface area contributed by atoms with Gasteiger partial charge in [0, 0.05) is 9.92 Å². The summed E-state index contributed by atoms with van der Waals surface area (Å²) in [5.41, 5.74) is 3.41. The van der Waals surface area contributed by atoms with Crippen LogP contribution in [0.5, 0.6) is 5.75 Å². The molecule has 6 nitrogen and oxygen atoms in total. The summed E-state index contributed by atoms with van der Waals surface area (Å²) in [6.45, 7) is 4.21. The van der Waals surface area contributed by atoms with E-state index in [0.717, 1.165) is 27.3 Å². The van der Waals surface area contributed by atoms with E-state index in [9.17, 15) is 9.59 Å². The Bertz CT molecular complexity index is 1740. The monoisotopic (exact) mass is 590 g/mol. The molecule has 0 amide bonds. The van der Waals surface area contributed by atoms with Gasteiger partial charge in [0.25, 0.3) is 5.56 Å². The molecule has 0 radical (unpaired) electrons. The van der Waals surface area contributed by atoms with Crippen molar-refractivity contribution in [1.29, 1.82) is 0 Å². The van der Waals surface area contributed by atoms with Gasteiger partial charge in [0.1, 0.15) is 12.4 Å². The largest absolute Gasteiger partial charge is 0.489 e. The molecule has 9 heteroatoms. The molecule has 204 valence electrons. The van der Waals surface area contributed by atoms with Crippen LogP contribution < -0.4 is 19.6 Å². The number of thioether (sulfide) groups is 1. The first-order valence-electron chi connectivity index (χ1n) is 12.7.